The monoisotopic (exact) mass is 942 g/mol. The van der Waals surface area contributed by atoms with Crippen molar-refractivity contribution in [2.75, 3.05) is 21.3 Å². The number of alkyl halides is 2. The maximum atomic E-state index is 13.4. The second-order valence-corrected chi connectivity index (χ2v) is 16.6. The molecule has 0 aliphatic rings. The smallest absolute Gasteiger partial charge is 0.258 e. The number of amides is 4. The highest BCUT2D eigenvalue weighted by Crippen LogP contribution is 2.33. The minimum Gasteiger partial charge on any atom is -0.324 e. The molecule has 5 aromatic rings. The van der Waals surface area contributed by atoms with Crippen molar-refractivity contribution in [2.24, 2.45) is 20.5 Å². The van der Waals surface area contributed by atoms with Crippen molar-refractivity contribution in [1.82, 2.24) is 0 Å². The Balaban J connectivity index is 1.27. The molecule has 5 rings (SSSR count). The second kappa shape index (κ2) is 21.8. The minimum absolute atomic E-state index is 0.0435. The number of nitrogens with zero attached hydrogens (tertiary/aromatic N) is 4. The van der Waals surface area contributed by atoms with Crippen molar-refractivity contribution in [3.63, 3.8) is 0 Å². The molecule has 18 heteroatoms. The van der Waals surface area contributed by atoms with Crippen LogP contribution >= 0.6 is 46.4 Å². The number of hydrogen-bond acceptors (Lipinski definition) is 10. The van der Waals surface area contributed by atoms with Gasteiger partial charge in [0, 0.05) is 33.9 Å². The Hall–Kier alpha value is -6.32. The molecule has 4 N–H and O–H groups in total. The van der Waals surface area contributed by atoms with E-state index in [9.17, 15) is 28.8 Å². The average molecular weight is 945 g/mol. The van der Waals surface area contributed by atoms with Crippen LogP contribution in [-0.2, 0) is 19.2 Å². The molecule has 0 radical (unpaired) electrons. The summed E-state index contributed by atoms with van der Waals surface area (Å²) >= 11 is 25.3. The molecule has 5 aromatic carbocycles. The Morgan fingerprint density at radius 2 is 0.859 bits per heavy atom. The van der Waals surface area contributed by atoms with Crippen LogP contribution in [0.5, 0.6) is 0 Å². The maximum Gasteiger partial charge on any atom is 0.258 e. The highest BCUT2D eigenvalue weighted by Gasteiger charge is 2.27. The van der Waals surface area contributed by atoms with Crippen LogP contribution in [0.2, 0.25) is 10.0 Å². The van der Waals surface area contributed by atoms with Crippen LogP contribution < -0.4 is 21.3 Å². The molecule has 0 spiro atoms. The first kappa shape index (κ1) is 48.7. The lowest BCUT2D eigenvalue weighted by Gasteiger charge is -2.17. The lowest BCUT2D eigenvalue weighted by Crippen LogP contribution is -2.33. The Bertz CT molecular complexity index is 2520. The summed E-state index contributed by atoms with van der Waals surface area (Å²) in [7, 11) is 0. The number of carbonyl (C=O) groups excluding carboxylic acids is 6. The van der Waals surface area contributed by atoms with Gasteiger partial charge >= 0.3 is 0 Å². The van der Waals surface area contributed by atoms with E-state index in [4.69, 9.17) is 46.4 Å². The number of anilines is 4. The summed E-state index contributed by atoms with van der Waals surface area (Å²) in [6, 6.07) is 22.6. The van der Waals surface area contributed by atoms with E-state index in [2.05, 4.69) is 41.7 Å². The highest BCUT2D eigenvalue weighted by molar-refractivity contribution is 6.33. The van der Waals surface area contributed by atoms with Crippen molar-refractivity contribution < 1.29 is 28.8 Å². The van der Waals surface area contributed by atoms with Crippen molar-refractivity contribution >= 4 is 116 Å². The fraction of sp³-hybridized carbons (Fsp3) is 0.217. The van der Waals surface area contributed by atoms with Gasteiger partial charge in [-0.05, 0) is 124 Å². The van der Waals surface area contributed by atoms with Crippen LogP contribution in [0.4, 0.5) is 34.1 Å². The van der Waals surface area contributed by atoms with Gasteiger partial charge in [0.15, 0.2) is 11.6 Å². The molecule has 0 aliphatic heterocycles. The van der Waals surface area contributed by atoms with Crippen molar-refractivity contribution in [1.29, 1.82) is 0 Å². The summed E-state index contributed by atoms with van der Waals surface area (Å²) in [5, 5.41) is 26.6. The van der Waals surface area contributed by atoms with Crippen molar-refractivity contribution in [2.45, 2.75) is 64.4 Å². The quantitative estimate of drug-likeness (QED) is 0.0431. The molecule has 330 valence electrons. The maximum absolute atomic E-state index is 13.4. The summed E-state index contributed by atoms with van der Waals surface area (Å²) in [6.07, 6.45) is 0. The summed E-state index contributed by atoms with van der Waals surface area (Å²) in [4.78, 5) is 78.5. The zero-order chi connectivity index (χ0) is 46.8. The van der Waals surface area contributed by atoms with Gasteiger partial charge < -0.3 is 21.3 Å². The zero-order valence-corrected chi connectivity index (χ0v) is 38.3. The number of para-hydroxylation sites is 2. The standard InChI is InChI=1S/C46H42Cl4N8O6/c1-23-24(2)36(52-46(64)42(28(6)60)58-56-40-22-30(16-18-34(40)50)44(62)54-38-14-10-8-12-32(38)26(4)48)20-19-35(23)51-45(63)41(27(5)59)57-55-39-21-29(15-17-33(39)49)43(61)53-37-13-9-7-11-31(37)25(3)47/h7-22,25-26,41-42H,1-6H3,(H,51,63)(H,52,64)(H,53,61)(H,54,62). The molecule has 64 heavy (non-hydrogen) atoms. The van der Waals surface area contributed by atoms with E-state index in [1.54, 1.807) is 64.1 Å². The number of Topliss-reactive ketones (excluding diaryl/α,β-unsaturated/α-hetero) is 2. The van der Waals surface area contributed by atoms with Gasteiger partial charge in [0.05, 0.1) is 20.8 Å². The van der Waals surface area contributed by atoms with Crippen LogP contribution in [-0.4, -0.2) is 47.3 Å². The molecule has 0 fully saturated rings. The molecule has 0 aromatic heterocycles. The molecule has 4 unspecified atom stereocenters. The number of hydrogen-bond donors (Lipinski definition) is 4. The van der Waals surface area contributed by atoms with Gasteiger partial charge in [-0.25, -0.2) is 0 Å². The number of azo groups is 2. The minimum atomic E-state index is -1.59. The number of rotatable bonds is 16. The van der Waals surface area contributed by atoms with Gasteiger partial charge in [0.1, 0.15) is 11.4 Å². The number of ketones is 2. The van der Waals surface area contributed by atoms with E-state index in [1.165, 1.54) is 62.4 Å². The van der Waals surface area contributed by atoms with E-state index in [0.29, 0.717) is 33.9 Å². The Morgan fingerprint density at radius 3 is 1.20 bits per heavy atom. The Morgan fingerprint density at radius 1 is 0.500 bits per heavy atom. The predicted octanol–water partition coefficient (Wildman–Crippen LogP) is 12.1. The first-order chi connectivity index (χ1) is 30.4. The van der Waals surface area contributed by atoms with Crippen molar-refractivity contribution in [3.05, 3.63) is 140 Å². The summed E-state index contributed by atoms with van der Waals surface area (Å²) in [5.41, 5.74) is 4.59. The molecule has 0 saturated carbocycles. The van der Waals surface area contributed by atoms with Gasteiger partial charge in [-0.2, -0.15) is 20.5 Å². The molecular weight excluding hydrogens is 902 g/mol. The zero-order valence-electron chi connectivity index (χ0n) is 35.3. The molecule has 0 saturated heterocycles. The molecule has 0 aliphatic carbocycles. The van der Waals surface area contributed by atoms with E-state index in [-0.39, 0.29) is 43.3 Å². The van der Waals surface area contributed by atoms with E-state index < -0.39 is 47.3 Å². The number of benzene rings is 5. The number of nitrogens with one attached hydrogen (secondary N) is 4. The lowest BCUT2D eigenvalue weighted by molar-refractivity contribution is -0.127. The third-order valence-corrected chi connectivity index (χ3v) is 10.9. The van der Waals surface area contributed by atoms with Gasteiger partial charge in [-0.3, -0.25) is 28.8 Å². The summed E-state index contributed by atoms with van der Waals surface area (Å²) in [5.74, 6) is -3.81. The first-order valence-electron chi connectivity index (χ1n) is 19.6. The van der Waals surface area contributed by atoms with E-state index >= 15 is 0 Å². The normalized spacial score (nSPS) is 13.2. The predicted molar refractivity (Wildman–Crippen MR) is 251 cm³/mol. The van der Waals surface area contributed by atoms with Gasteiger partial charge in [-0.1, -0.05) is 59.6 Å². The van der Waals surface area contributed by atoms with Gasteiger partial charge in [-0.15, -0.1) is 23.2 Å². The Labute approximate surface area is 389 Å². The molecule has 4 amide bonds. The molecule has 0 bridgehead atoms. The molecular formula is C46H42Cl4N8O6. The van der Waals surface area contributed by atoms with Crippen LogP contribution in [0, 0.1) is 13.8 Å². The summed E-state index contributed by atoms with van der Waals surface area (Å²) < 4.78 is 0. The number of halogens is 4. The third-order valence-electron chi connectivity index (χ3n) is 9.82. The fourth-order valence-electron chi connectivity index (χ4n) is 6.14. The second-order valence-electron chi connectivity index (χ2n) is 14.5. The van der Waals surface area contributed by atoms with Crippen LogP contribution in [0.3, 0.4) is 0 Å². The Kier molecular flexibility index (Phi) is 16.6. The third kappa shape index (κ3) is 12.2. The fourth-order valence-corrected chi connectivity index (χ4v) is 6.83. The van der Waals surface area contributed by atoms with E-state index in [0.717, 1.165) is 11.1 Å². The van der Waals surface area contributed by atoms with Gasteiger partial charge in [0.25, 0.3) is 23.6 Å². The lowest BCUT2D eigenvalue weighted by atomic mass is 10.0. The molecule has 0 heterocycles. The molecule has 4 atom stereocenters. The van der Waals surface area contributed by atoms with Crippen LogP contribution in [0.1, 0.15) is 81.4 Å². The van der Waals surface area contributed by atoms with Gasteiger partial charge in [0.2, 0.25) is 12.1 Å². The molecule has 14 nitrogen and oxygen atoms in total. The largest absolute Gasteiger partial charge is 0.324 e. The first-order valence-corrected chi connectivity index (χ1v) is 21.2. The van der Waals surface area contributed by atoms with Crippen LogP contribution in [0.25, 0.3) is 0 Å². The SMILES string of the molecule is CC(=O)C(N=Nc1cc(C(=O)Nc2ccccc2C(C)Cl)ccc1Cl)C(=O)Nc1ccc(NC(=O)C(N=Nc2cc(C(=O)Nc3ccccc3C(C)Cl)ccc2Cl)C(C)=O)c(C)c1C. The average Bonchev–Trinajstić information content (AvgIpc) is 3.24. The van der Waals surface area contributed by atoms with Crippen molar-refractivity contribution in [3.8, 4) is 0 Å². The van der Waals surface area contributed by atoms with E-state index in [1.807, 2.05) is 12.1 Å². The highest BCUT2D eigenvalue weighted by atomic mass is 35.5. The summed E-state index contributed by atoms with van der Waals surface area (Å²) in [6.45, 7) is 9.27. The van der Waals surface area contributed by atoms with Crippen LogP contribution in [0.15, 0.2) is 118 Å². The number of carbonyl (C=O) groups is 6. The topological polar surface area (TPSA) is 200 Å².